The number of nitrogens with two attached hydrogens (primary N) is 1. The van der Waals surface area contributed by atoms with E-state index in [2.05, 4.69) is 44.2 Å². The summed E-state index contributed by atoms with van der Waals surface area (Å²) in [6, 6.07) is 10.6. The van der Waals surface area contributed by atoms with Crippen molar-refractivity contribution >= 4 is 0 Å². The third kappa shape index (κ3) is 4.98. The third-order valence-corrected chi connectivity index (χ3v) is 2.88. The van der Waals surface area contributed by atoms with E-state index in [0.717, 1.165) is 19.3 Å². The van der Waals surface area contributed by atoms with Crippen molar-refractivity contribution in [1.29, 1.82) is 0 Å². The molecular weight excluding hydrogens is 182 g/mol. The van der Waals surface area contributed by atoms with Gasteiger partial charge in [0.05, 0.1) is 0 Å². The molecule has 0 heterocycles. The maximum Gasteiger partial charge on any atom is 0.0125 e. The fourth-order valence-electron chi connectivity index (χ4n) is 2.04. The molecule has 1 aromatic carbocycles. The van der Waals surface area contributed by atoms with E-state index < -0.39 is 0 Å². The first-order chi connectivity index (χ1) is 7.14. The monoisotopic (exact) mass is 205 g/mol. The van der Waals surface area contributed by atoms with Gasteiger partial charge in [0.1, 0.15) is 0 Å². The van der Waals surface area contributed by atoms with Gasteiger partial charge in [0, 0.05) is 5.54 Å². The van der Waals surface area contributed by atoms with E-state index in [1.807, 2.05) is 0 Å². The molecule has 0 aliphatic heterocycles. The van der Waals surface area contributed by atoms with E-state index in [4.69, 9.17) is 5.73 Å². The van der Waals surface area contributed by atoms with E-state index in [0.29, 0.717) is 0 Å². The van der Waals surface area contributed by atoms with Gasteiger partial charge in [-0.2, -0.15) is 0 Å². The topological polar surface area (TPSA) is 26.0 Å². The molecule has 0 fully saturated rings. The van der Waals surface area contributed by atoms with Crippen LogP contribution >= 0.6 is 0 Å². The predicted molar refractivity (Wildman–Crippen MR) is 66.9 cm³/mol. The second kappa shape index (κ2) is 5.92. The Hall–Kier alpha value is -0.820. The molecule has 0 aromatic heterocycles. The minimum absolute atomic E-state index is 0.0313. The number of rotatable bonds is 6. The van der Waals surface area contributed by atoms with Gasteiger partial charge in [-0.1, -0.05) is 43.7 Å². The van der Waals surface area contributed by atoms with Gasteiger partial charge < -0.3 is 5.73 Å². The minimum Gasteiger partial charge on any atom is -0.325 e. The van der Waals surface area contributed by atoms with E-state index in [9.17, 15) is 0 Å². The van der Waals surface area contributed by atoms with Crippen molar-refractivity contribution in [1.82, 2.24) is 0 Å². The molecule has 1 atom stereocenters. The lowest BCUT2D eigenvalue weighted by atomic mass is 9.90. The summed E-state index contributed by atoms with van der Waals surface area (Å²) < 4.78 is 0. The van der Waals surface area contributed by atoms with Gasteiger partial charge in [0.2, 0.25) is 0 Å². The molecule has 0 amide bonds. The summed E-state index contributed by atoms with van der Waals surface area (Å²) in [6.45, 7) is 4.36. The van der Waals surface area contributed by atoms with E-state index >= 15 is 0 Å². The summed E-state index contributed by atoms with van der Waals surface area (Å²) in [5, 5.41) is 0. The van der Waals surface area contributed by atoms with Crippen LogP contribution in [0.4, 0.5) is 0 Å². The Labute approximate surface area is 93.7 Å². The van der Waals surface area contributed by atoms with Crippen LogP contribution in [0, 0.1) is 0 Å². The van der Waals surface area contributed by atoms with Crippen LogP contribution in [0.15, 0.2) is 30.3 Å². The fraction of sp³-hybridized carbons (Fsp3) is 0.571. The van der Waals surface area contributed by atoms with Crippen molar-refractivity contribution < 1.29 is 0 Å². The lowest BCUT2D eigenvalue weighted by Gasteiger charge is -2.23. The molecule has 1 heteroatoms. The molecule has 0 aliphatic rings. The van der Waals surface area contributed by atoms with Gasteiger partial charge in [-0.25, -0.2) is 0 Å². The fourth-order valence-corrected chi connectivity index (χ4v) is 2.04. The van der Waals surface area contributed by atoms with Crippen molar-refractivity contribution in [2.75, 3.05) is 0 Å². The maximum absolute atomic E-state index is 6.19. The Balaban J connectivity index is 2.27. The van der Waals surface area contributed by atoms with E-state index in [1.54, 1.807) is 0 Å². The maximum atomic E-state index is 6.19. The van der Waals surface area contributed by atoms with Gasteiger partial charge in [-0.15, -0.1) is 0 Å². The first kappa shape index (κ1) is 12.3. The second-order valence-corrected chi connectivity index (χ2v) is 4.74. The molecule has 1 unspecified atom stereocenters. The molecule has 0 aliphatic carbocycles. The first-order valence-corrected chi connectivity index (χ1v) is 5.97. The highest BCUT2D eigenvalue weighted by molar-refractivity contribution is 5.14. The van der Waals surface area contributed by atoms with Gasteiger partial charge >= 0.3 is 0 Å². The largest absolute Gasteiger partial charge is 0.325 e. The quantitative estimate of drug-likeness (QED) is 0.755. The summed E-state index contributed by atoms with van der Waals surface area (Å²) in [5.74, 6) is 0. The summed E-state index contributed by atoms with van der Waals surface area (Å²) in [4.78, 5) is 0. The van der Waals surface area contributed by atoms with E-state index in [1.165, 1.54) is 18.4 Å². The van der Waals surface area contributed by atoms with Crippen LogP contribution < -0.4 is 5.73 Å². The molecule has 1 nitrogen and oxygen atoms in total. The lowest BCUT2D eigenvalue weighted by molar-refractivity contribution is 0.386. The smallest absolute Gasteiger partial charge is 0.0125 e. The number of hydrogen-bond donors (Lipinski definition) is 1. The Morgan fingerprint density at radius 2 is 1.80 bits per heavy atom. The van der Waals surface area contributed by atoms with Crippen LogP contribution in [0.2, 0.25) is 0 Å². The van der Waals surface area contributed by atoms with Crippen molar-refractivity contribution in [2.45, 2.75) is 51.5 Å². The minimum atomic E-state index is 0.0313. The standard InChI is InChI=1S/C14H23N/c1-3-11-14(2,15)12-7-10-13-8-5-4-6-9-13/h4-6,8-9H,3,7,10-12,15H2,1-2H3. The van der Waals surface area contributed by atoms with Crippen LogP contribution in [-0.4, -0.2) is 5.54 Å². The number of hydrogen-bond acceptors (Lipinski definition) is 1. The Bertz CT molecular complexity index is 264. The van der Waals surface area contributed by atoms with Crippen LogP contribution in [0.1, 0.15) is 45.1 Å². The van der Waals surface area contributed by atoms with Crippen LogP contribution in [0.25, 0.3) is 0 Å². The van der Waals surface area contributed by atoms with Crippen LogP contribution in [0.3, 0.4) is 0 Å². The molecule has 84 valence electrons. The zero-order valence-corrected chi connectivity index (χ0v) is 10.00. The molecule has 0 saturated heterocycles. The van der Waals surface area contributed by atoms with Crippen LogP contribution in [0.5, 0.6) is 0 Å². The lowest BCUT2D eigenvalue weighted by Crippen LogP contribution is -2.35. The molecule has 0 spiro atoms. The highest BCUT2D eigenvalue weighted by atomic mass is 14.7. The Morgan fingerprint density at radius 3 is 2.40 bits per heavy atom. The zero-order chi connectivity index (χ0) is 11.1. The zero-order valence-electron chi connectivity index (χ0n) is 10.00. The average Bonchev–Trinajstić information content (AvgIpc) is 2.19. The van der Waals surface area contributed by atoms with Crippen molar-refractivity contribution in [3.63, 3.8) is 0 Å². The highest BCUT2D eigenvalue weighted by Gasteiger charge is 2.15. The molecule has 2 N–H and O–H groups in total. The molecule has 1 aromatic rings. The molecule has 15 heavy (non-hydrogen) atoms. The summed E-state index contributed by atoms with van der Waals surface area (Å²) in [5.41, 5.74) is 7.64. The predicted octanol–water partition coefficient (Wildman–Crippen LogP) is 3.53. The summed E-state index contributed by atoms with van der Waals surface area (Å²) in [7, 11) is 0. The second-order valence-electron chi connectivity index (χ2n) is 4.74. The van der Waals surface area contributed by atoms with Gasteiger partial charge in [0.15, 0.2) is 0 Å². The molecular formula is C14H23N. The number of aryl methyl sites for hydroxylation is 1. The van der Waals surface area contributed by atoms with Gasteiger partial charge in [-0.05, 0) is 38.2 Å². The summed E-state index contributed by atoms with van der Waals surface area (Å²) in [6.07, 6.45) is 5.77. The molecule has 1 rings (SSSR count). The normalized spacial score (nSPS) is 14.9. The SMILES string of the molecule is CCCC(C)(N)CCCc1ccccc1. The highest BCUT2D eigenvalue weighted by Crippen LogP contribution is 2.17. The average molecular weight is 205 g/mol. The van der Waals surface area contributed by atoms with Crippen LogP contribution in [-0.2, 0) is 6.42 Å². The van der Waals surface area contributed by atoms with Crippen molar-refractivity contribution in [3.8, 4) is 0 Å². The summed E-state index contributed by atoms with van der Waals surface area (Å²) >= 11 is 0. The van der Waals surface area contributed by atoms with Gasteiger partial charge in [0.25, 0.3) is 0 Å². The first-order valence-electron chi connectivity index (χ1n) is 5.97. The van der Waals surface area contributed by atoms with E-state index in [-0.39, 0.29) is 5.54 Å². The van der Waals surface area contributed by atoms with Gasteiger partial charge in [-0.3, -0.25) is 0 Å². The van der Waals surface area contributed by atoms with Crippen molar-refractivity contribution in [2.24, 2.45) is 5.73 Å². The molecule has 0 saturated carbocycles. The Kier molecular flexibility index (Phi) is 4.83. The molecule has 0 bridgehead atoms. The third-order valence-electron chi connectivity index (χ3n) is 2.88. The number of benzene rings is 1. The molecule has 0 radical (unpaired) electrons. The Morgan fingerprint density at radius 1 is 1.13 bits per heavy atom. The van der Waals surface area contributed by atoms with Crippen molar-refractivity contribution in [3.05, 3.63) is 35.9 Å².